The van der Waals surface area contributed by atoms with E-state index < -0.39 is 49.0 Å². The molecule has 0 spiro atoms. The van der Waals surface area contributed by atoms with E-state index in [-0.39, 0.29) is 5.56 Å². The normalized spacial score (nSPS) is 15.3. The topological polar surface area (TPSA) is 9.23 Å². The van der Waals surface area contributed by atoms with Crippen molar-refractivity contribution in [3.05, 3.63) is 22.4 Å². The van der Waals surface area contributed by atoms with Crippen LogP contribution in [0.5, 0.6) is 0 Å². The van der Waals surface area contributed by atoms with Gasteiger partial charge in [0.05, 0.1) is 6.61 Å². The number of alkyl halides is 13. The Hall–Kier alpha value is -1.25. The molecule has 1 aromatic heterocycles. The summed E-state index contributed by atoms with van der Waals surface area (Å²) in [7, 11) is 0. The molecule has 15 heteroatoms. The second kappa shape index (κ2) is 6.97. The minimum absolute atomic E-state index is 0.194. The van der Waals surface area contributed by atoms with Crippen molar-refractivity contribution in [3.63, 3.8) is 0 Å². The molecule has 0 aromatic carbocycles. The number of rotatable bonds is 8. The van der Waals surface area contributed by atoms with Crippen LogP contribution in [0.3, 0.4) is 0 Å². The van der Waals surface area contributed by atoms with Crippen molar-refractivity contribution in [3.8, 4) is 0 Å². The van der Waals surface area contributed by atoms with Crippen LogP contribution in [0.4, 0.5) is 57.1 Å². The SMILES string of the molecule is FC(F)(F)C(F)(F)C(F)(F)C(F)(F)C(F)(F)C(F)(F)OCCc1ccsc1. The molecule has 0 saturated heterocycles. The van der Waals surface area contributed by atoms with Gasteiger partial charge in [-0.25, -0.2) is 0 Å². The first kappa shape index (κ1) is 23.8. The molecule has 27 heavy (non-hydrogen) atoms. The summed E-state index contributed by atoms with van der Waals surface area (Å²) in [6.45, 7) is -1.45. The predicted molar refractivity (Wildman–Crippen MR) is 64.8 cm³/mol. The highest BCUT2D eigenvalue weighted by molar-refractivity contribution is 7.07. The van der Waals surface area contributed by atoms with Crippen molar-refractivity contribution in [2.24, 2.45) is 0 Å². The molecule has 1 rings (SSSR count). The zero-order valence-corrected chi connectivity index (χ0v) is 13.2. The quantitative estimate of drug-likeness (QED) is 0.445. The van der Waals surface area contributed by atoms with Crippen LogP contribution in [-0.2, 0) is 11.2 Å². The second-order valence-electron chi connectivity index (χ2n) is 5.04. The Labute approximate surface area is 145 Å². The molecule has 1 nitrogen and oxygen atoms in total. The summed E-state index contributed by atoms with van der Waals surface area (Å²) in [6, 6.07) is 1.27. The van der Waals surface area contributed by atoms with Crippen LogP contribution in [0.2, 0.25) is 0 Å². The van der Waals surface area contributed by atoms with Gasteiger partial charge in [0.25, 0.3) is 0 Å². The van der Waals surface area contributed by atoms with Gasteiger partial charge in [-0.3, -0.25) is 0 Å². The van der Waals surface area contributed by atoms with Crippen molar-refractivity contribution in [1.82, 2.24) is 0 Å². The average molecular weight is 446 g/mol. The van der Waals surface area contributed by atoms with E-state index in [1.807, 2.05) is 0 Å². The van der Waals surface area contributed by atoms with Crippen LogP contribution in [0.1, 0.15) is 5.56 Å². The zero-order valence-electron chi connectivity index (χ0n) is 12.4. The number of hydrogen-bond donors (Lipinski definition) is 0. The highest BCUT2D eigenvalue weighted by Crippen LogP contribution is 2.60. The molecule has 0 saturated carbocycles. The average Bonchev–Trinajstić information content (AvgIpc) is 2.98. The largest absolute Gasteiger partial charge is 0.460 e. The Morgan fingerprint density at radius 1 is 0.704 bits per heavy atom. The highest BCUT2D eigenvalue weighted by atomic mass is 32.1. The number of ether oxygens (including phenoxy) is 1. The Morgan fingerprint density at radius 3 is 1.59 bits per heavy atom. The van der Waals surface area contributed by atoms with Crippen LogP contribution in [-0.4, -0.2) is 42.6 Å². The first-order chi connectivity index (χ1) is 11.8. The lowest BCUT2D eigenvalue weighted by atomic mass is 9.97. The van der Waals surface area contributed by atoms with Gasteiger partial charge in [0.15, 0.2) is 0 Å². The summed E-state index contributed by atoms with van der Waals surface area (Å²) >= 11 is 1.02. The number of hydrogen-bond acceptors (Lipinski definition) is 2. The third-order valence-electron chi connectivity index (χ3n) is 3.16. The van der Waals surface area contributed by atoms with Gasteiger partial charge in [-0.2, -0.15) is 68.4 Å². The molecule has 0 N–H and O–H groups in total. The molecule has 0 aliphatic heterocycles. The molecule has 1 aromatic rings. The molecule has 1 heterocycles. The fourth-order valence-electron chi connectivity index (χ4n) is 1.58. The van der Waals surface area contributed by atoms with Crippen molar-refractivity contribution in [1.29, 1.82) is 0 Å². The van der Waals surface area contributed by atoms with Gasteiger partial charge < -0.3 is 4.74 Å². The van der Waals surface area contributed by atoms with E-state index in [4.69, 9.17) is 0 Å². The van der Waals surface area contributed by atoms with E-state index in [0.717, 1.165) is 11.3 Å². The van der Waals surface area contributed by atoms with Gasteiger partial charge in [-0.05, 0) is 28.8 Å². The predicted octanol–water partition coefficient (Wildman–Crippen LogP) is 6.00. The van der Waals surface area contributed by atoms with Crippen LogP contribution < -0.4 is 0 Å². The summed E-state index contributed by atoms with van der Waals surface area (Å²) in [5.74, 6) is -30.9. The highest BCUT2D eigenvalue weighted by Gasteiger charge is 2.91. The van der Waals surface area contributed by atoms with E-state index in [2.05, 4.69) is 4.74 Å². The Morgan fingerprint density at radius 2 is 1.19 bits per heavy atom. The lowest BCUT2D eigenvalue weighted by Crippen LogP contribution is -2.70. The fourth-order valence-corrected chi connectivity index (χ4v) is 2.28. The van der Waals surface area contributed by atoms with E-state index in [9.17, 15) is 57.1 Å². The molecule has 0 fully saturated rings. The third-order valence-corrected chi connectivity index (χ3v) is 3.89. The van der Waals surface area contributed by atoms with E-state index >= 15 is 0 Å². The number of halogens is 13. The molecule has 0 aliphatic rings. The van der Waals surface area contributed by atoms with Crippen LogP contribution >= 0.6 is 11.3 Å². The lowest BCUT2D eigenvalue weighted by molar-refractivity contribution is -0.465. The van der Waals surface area contributed by atoms with Gasteiger partial charge in [0.1, 0.15) is 0 Å². The lowest BCUT2D eigenvalue weighted by Gasteiger charge is -2.39. The smallest absolute Gasteiger partial charge is 0.315 e. The minimum atomic E-state index is -7.91. The maximum absolute atomic E-state index is 13.3. The summed E-state index contributed by atoms with van der Waals surface area (Å²) in [6.07, 6.45) is -14.5. The maximum Gasteiger partial charge on any atom is 0.460 e. The Kier molecular flexibility index (Phi) is 6.14. The summed E-state index contributed by atoms with van der Waals surface area (Å²) < 4.78 is 169. The van der Waals surface area contributed by atoms with Gasteiger partial charge in [0.2, 0.25) is 0 Å². The number of thiophene rings is 1. The van der Waals surface area contributed by atoms with Crippen molar-refractivity contribution >= 4 is 11.3 Å². The second-order valence-corrected chi connectivity index (χ2v) is 5.82. The van der Waals surface area contributed by atoms with E-state index in [0.29, 0.717) is 0 Å². The van der Waals surface area contributed by atoms with E-state index in [1.165, 1.54) is 16.8 Å². The first-order valence-electron chi connectivity index (χ1n) is 6.44. The Bertz CT molecular complexity index is 620. The molecule has 0 radical (unpaired) electrons. The molecular weight excluding hydrogens is 439 g/mol. The molecule has 0 atom stereocenters. The summed E-state index contributed by atoms with van der Waals surface area (Å²) in [5, 5.41) is 2.70. The van der Waals surface area contributed by atoms with Crippen molar-refractivity contribution in [2.45, 2.75) is 42.4 Å². The maximum atomic E-state index is 13.3. The zero-order chi connectivity index (χ0) is 21.5. The summed E-state index contributed by atoms with van der Waals surface area (Å²) in [4.78, 5) is 0. The fraction of sp³-hybridized carbons (Fsp3) is 0.667. The van der Waals surface area contributed by atoms with Gasteiger partial charge >= 0.3 is 36.0 Å². The summed E-state index contributed by atoms with van der Waals surface area (Å²) in [5.41, 5.74) is 0.194. The molecule has 0 aliphatic carbocycles. The van der Waals surface area contributed by atoms with Crippen LogP contribution in [0.25, 0.3) is 0 Å². The van der Waals surface area contributed by atoms with Gasteiger partial charge in [0, 0.05) is 0 Å². The van der Waals surface area contributed by atoms with E-state index in [1.54, 1.807) is 0 Å². The third kappa shape index (κ3) is 3.84. The molecule has 158 valence electrons. The monoisotopic (exact) mass is 446 g/mol. The molecule has 0 amide bonds. The van der Waals surface area contributed by atoms with Crippen LogP contribution in [0.15, 0.2) is 16.8 Å². The first-order valence-corrected chi connectivity index (χ1v) is 7.38. The van der Waals surface area contributed by atoms with Crippen LogP contribution in [0, 0.1) is 0 Å². The standard InChI is InChI=1S/C12H7F13OS/c13-7(14,9(17,18)11(21,22)23)8(15,16)10(19,20)12(24,25)26-3-1-6-2-4-27-5-6/h2,4-5H,1,3H2. The van der Waals surface area contributed by atoms with Crippen molar-refractivity contribution < 1.29 is 61.8 Å². The van der Waals surface area contributed by atoms with Gasteiger partial charge in [-0.1, -0.05) is 0 Å². The molecule has 0 unspecified atom stereocenters. The molecule has 0 bridgehead atoms. The minimum Gasteiger partial charge on any atom is -0.315 e. The van der Waals surface area contributed by atoms with Gasteiger partial charge in [-0.15, -0.1) is 0 Å². The Balaban J connectivity index is 3.13. The molecular formula is C12H7F13OS. The van der Waals surface area contributed by atoms with Crippen molar-refractivity contribution in [2.75, 3.05) is 6.61 Å².